The smallest absolute Gasteiger partial charge is 0.255 e. The third-order valence-electron chi connectivity index (χ3n) is 3.97. The Morgan fingerprint density at radius 1 is 1.04 bits per heavy atom. The van der Waals surface area contributed by atoms with Gasteiger partial charge in [-0.1, -0.05) is 25.1 Å². The van der Waals surface area contributed by atoms with E-state index in [1.807, 2.05) is 12.1 Å². The van der Waals surface area contributed by atoms with Crippen molar-refractivity contribution in [2.24, 2.45) is 0 Å². The SMILES string of the molecule is CCNS(=O)(=O)c1ccc(C(=O)Nc2ccccc2CN(C)C(C)=O)cc1. The molecule has 144 valence electrons. The number of sulfonamides is 1. The fourth-order valence-corrected chi connectivity index (χ4v) is 3.44. The highest BCUT2D eigenvalue weighted by molar-refractivity contribution is 7.89. The number of anilines is 1. The van der Waals surface area contributed by atoms with Crippen molar-refractivity contribution in [3.63, 3.8) is 0 Å². The number of rotatable bonds is 7. The average Bonchev–Trinajstić information content (AvgIpc) is 2.63. The summed E-state index contributed by atoms with van der Waals surface area (Å²) >= 11 is 0. The van der Waals surface area contributed by atoms with Gasteiger partial charge in [0.05, 0.1) is 4.90 Å². The summed E-state index contributed by atoms with van der Waals surface area (Å²) in [6.45, 7) is 3.83. The maximum Gasteiger partial charge on any atom is 0.255 e. The van der Waals surface area contributed by atoms with Gasteiger partial charge < -0.3 is 10.2 Å². The Bertz CT molecular complexity index is 924. The van der Waals surface area contributed by atoms with Gasteiger partial charge in [-0.25, -0.2) is 13.1 Å². The summed E-state index contributed by atoms with van der Waals surface area (Å²) < 4.78 is 26.3. The summed E-state index contributed by atoms with van der Waals surface area (Å²) in [7, 11) is -1.87. The minimum atomic E-state index is -3.56. The summed E-state index contributed by atoms with van der Waals surface area (Å²) in [5, 5.41) is 2.81. The number of hydrogen-bond acceptors (Lipinski definition) is 4. The van der Waals surface area contributed by atoms with E-state index in [0.717, 1.165) is 5.56 Å². The van der Waals surface area contributed by atoms with Crippen LogP contribution in [0.4, 0.5) is 5.69 Å². The quantitative estimate of drug-likeness (QED) is 0.759. The minimum absolute atomic E-state index is 0.0754. The summed E-state index contributed by atoms with van der Waals surface area (Å²) in [4.78, 5) is 25.6. The molecule has 2 aromatic carbocycles. The first-order valence-electron chi connectivity index (χ1n) is 8.45. The van der Waals surface area contributed by atoms with Gasteiger partial charge in [0, 0.05) is 38.3 Å². The second-order valence-electron chi connectivity index (χ2n) is 6.01. The van der Waals surface area contributed by atoms with E-state index in [9.17, 15) is 18.0 Å². The first-order chi connectivity index (χ1) is 12.7. The molecule has 0 aliphatic carbocycles. The number of nitrogens with zero attached hydrogens (tertiary/aromatic N) is 1. The molecule has 0 bridgehead atoms. The fraction of sp³-hybridized carbons (Fsp3) is 0.263. The van der Waals surface area contributed by atoms with Crippen LogP contribution in [0.5, 0.6) is 0 Å². The standard InChI is InChI=1S/C19H23N3O4S/c1-4-20-27(25,26)17-11-9-15(10-12-17)19(24)21-18-8-6-5-7-16(18)13-22(3)14(2)23/h5-12,20H,4,13H2,1-3H3,(H,21,24). The van der Waals surface area contributed by atoms with Gasteiger partial charge in [0.25, 0.3) is 5.91 Å². The lowest BCUT2D eigenvalue weighted by atomic mass is 10.1. The highest BCUT2D eigenvalue weighted by Crippen LogP contribution is 2.19. The fourth-order valence-electron chi connectivity index (χ4n) is 2.40. The van der Waals surface area contributed by atoms with Crippen LogP contribution >= 0.6 is 0 Å². The zero-order valence-corrected chi connectivity index (χ0v) is 16.3. The number of carbonyl (C=O) groups excluding carboxylic acids is 2. The monoisotopic (exact) mass is 389 g/mol. The van der Waals surface area contributed by atoms with Crippen molar-refractivity contribution in [1.29, 1.82) is 0 Å². The van der Waals surface area contributed by atoms with Crippen LogP contribution in [0.2, 0.25) is 0 Å². The van der Waals surface area contributed by atoms with Crippen molar-refractivity contribution < 1.29 is 18.0 Å². The maximum absolute atomic E-state index is 12.5. The van der Waals surface area contributed by atoms with E-state index in [0.29, 0.717) is 17.8 Å². The van der Waals surface area contributed by atoms with Crippen molar-refractivity contribution in [2.45, 2.75) is 25.3 Å². The molecular weight excluding hydrogens is 366 g/mol. The molecule has 0 unspecified atom stereocenters. The van der Waals surface area contributed by atoms with Gasteiger partial charge in [-0.3, -0.25) is 9.59 Å². The van der Waals surface area contributed by atoms with Gasteiger partial charge in [0.1, 0.15) is 0 Å². The molecule has 0 radical (unpaired) electrons. The van der Waals surface area contributed by atoms with E-state index < -0.39 is 10.0 Å². The van der Waals surface area contributed by atoms with E-state index in [2.05, 4.69) is 10.0 Å². The van der Waals surface area contributed by atoms with Gasteiger partial charge in [0.15, 0.2) is 0 Å². The molecule has 0 aliphatic heterocycles. The molecule has 2 N–H and O–H groups in total. The highest BCUT2D eigenvalue weighted by Gasteiger charge is 2.15. The lowest BCUT2D eigenvalue weighted by molar-refractivity contribution is -0.128. The van der Waals surface area contributed by atoms with Crippen LogP contribution in [0.25, 0.3) is 0 Å². The lowest BCUT2D eigenvalue weighted by Crippen LogP contribution is -2.24. The van der Waals surface area contributed by atoms with Crippen LogP contribution < -0.4 is 10.0 Å². The molecule has 0 saturated heterocycles. The van der Waals surface area contributed by atoms with Gasteiger partial charge in [-0.2, -0.15) is 0 Å². The van der Waals surface area contributed by atoms with Gasteiger partial charge in [0.2, 0.25) is 15.9 Å². The van der Waals surface area contributed by atoms with Crippen LogP contribution in [0, 0.1) is 0 Å². The van der Waals surface area contributed by atoms with E-state index in [-0.39, 0.29) is 23.3 Å². The largest absolute Gasteiger partial charge is 0.342 e. The molecule has 0 aliphatic rings. The first kappa shape index (κ1) is 20.6. The van der Waals surface area contributed by atoms with Crippen molar-refractivity contribution in [2.75, 3.05) is 18.9 Å². The molecule has 2 aromatic rings. The molecule has 8 heteroatoms. The van der Waals surface area contributed by atoms with Gasteiger partial charge >= 0.3 is 0 Å². The Labute approximate surface area is 159 Å². The Morgan fingerprint density at radius 2 is 1.67 bits per heavy atom. The number of nitrogens with one attached hydrogen (secondary N) is 2. The van der Waals surface area contributed by atoms with Crippen LogP contribution in [-0.2, 0) is 21.4 Å². The first-order valence-corrected chi connectivity index (χ1v) is 9.93. The van der Waals surface area contributed by atoms with Gasteiger partial charge in [-0.15, -0.1) is 0 Å². The summed E-state index contributed by atoms with van der Waals surface area (Å²) in [6.07, 6.45) is 0. The average molecular weight is 389 g/mol. The molecule has 0 atom stereocenters. The van der Waals surface area contributed by atoms with E-state index in [4.69, 9.17) is 0 Å². The van der Waals surface area contributed by atoms with Crippen LogP contribution in [0.15, 0.2) is 53.4 Å². The lowest BCUT2D eigenvalue weighted by Gasteiger charge is -2.18. The molecule has 0 heterocycles. The van der Waals surface area contributed by atoms with Crippen molar-refractivity contribution in [3.8, 4) is 0 Å². The molecule has 0 saturated carbocycles. The molecular formula is C19H23N3O4S. The topological polar surface area (TPSA) is 95.6 Å². The molecule has 7 nitrogen and oxygen atoms in total. The summed E-state index contributed by atoms with van der Waals surface area (Å²) in [6, 6.07) is 12.9. The minimum Gasteiger partial charge on any atom is -0.342 e. The van der Waals surface area contributed by atoms with Crippen LogP contribution in [-0.4, -0.2) is 38.7 Å². The number of benzene rings is 2. The molecule has 0 spiro atoms. The molecule has 27 heavy (non-hydrogen) atoms. The zero-order chi connectivity index (χ0) is 20.0. The highest BCUT2D eigenvalue weighted by atomic mass is 32.2. The number of hydrogen-bond donors (Lipinski definition) is 2. The van der Waals surface area contributed by atoms with Crippen LogP contribution in [0.3, 0.4) is 0 Å². The molecule has 2 rings (SSSR count). The van der Waals surface area contributed by atoms with E-state index >= 15 is 0 Å². The second-order valence-corrected chi connectivity index (χ2v) is 7.78. The van der Waals surface area contributed by atoms with E-state index in [1.165, 1.54) is 31.2 Å². The Morgan fingerprint density at radius 3 is 2.26 bits per heavy atom. The van der Waals surface area contributed by atoms with Crippen molar-refractivity contribution in [1.82, 2.24) is 9.62 Å². The third-order valence-corrected chi connectivity index (χ3v) is 5.53. The second kappa shape index (κ2) is 8.79. The summed E-state index contributed by atoms with van der Waals surface area (Å²) in [5.41, 5.74) is 1.73. The Hall–Kier alpha value is -2.71. The van der Waals surface area contributed by atoms with E-state index in [1.54, 1.807) is 31.0 Å². The number of carbonyl (C=O) groups is 2. The van der Waals surface area contributed by atoms with Crippen LogP contribution in [0.1, 0.15) is 29.8 Å². The summed E-state index contributed by atoms with van der Waals surface area (Å²) in [5.74, 6) is -0.436. The number of para-hydroxylation sites is 1. The predicted octanol–water partition coefficient (Wildman–Crippen LogP) is 2.22. The zero-order valence-electron chi connectivity index (χ0n) is 15.5. The van der Waals surface area contributed by atoms with Crippen molar-refractivity contribution >= 4 is 27.5 Å². The number of amides is 2. The van der Waals surface area contributed by atoms with Crippen molar-refractivity contribution in [3.05, 3.63) is 59.7 Å². The Balaban J connectivity index is 2.17. The molecule has 0 fully saturated rings. The maximum atomic E-state index is 12.5. The molecule has 2 amide bonds. The van der Waals surface area contributed by atoms with Gasteiger partial charge in [-0.05, 0) is 35.9 Å². The normalized spacial score (nSPS) is 11.1. The third kappa shape index (κ3) is 5.38. The molecule has 0 aromatic heterocycles. The predicted molar refractivity (Wildman–Crippen MR) is 104 cm³/mol. The Kier molecular flexibility index (Phi) is 6.70.